The maximum atomic E-state index is 12.6. The van der Waals surface area contributed by atoms with Gasteiger partial charge in [-0.1, -0.05) is 39.3 Å². The Morgan fingerprint density at radius 1 is 1.25 bits per heavy atom. The molecule has 2 amide bonds. The Hall–Kier alpha value is -3.00. The molecule has 2 heterocycles. The molecule has 0 saturated carbocycles. The van der Waals surface area contributed by atoms with Gasteiger partial charge in [-0.15, -0.1) is 0 Å². The first kappa shape index (κ1) is 18.4. The number of hydrogen-bond donors (Lipinski definition) is 1. The summed E-state index contributed by atoms with van der Waals surface area (Å²) < 4.78 is 5.90. The summed E-state index contributed by atoms with van der Waals surface area (Å²) in [5, 5.41) is 6.79. The van der Waals surface area contributed by atoms with Crippen molar-refractivity contribution in [3.05, 3.63) is 58.9 Å². The van der Waals surface area contributed by atoms with Crippen LogP contribution in [0.25, 0.3) is 11.4 Å². The molecule has 1 aromatic heterocycles. The Morgan fingerprint density at radius 3 is 2.82 bits per heavy atom. The molecule has 0 radical (unpaired) electrons. The fourth-order valence-corrected chi connectivity index (χ4v) is 3.57. The summed E-state index contributed by atoms with van der Waals surface area (Å²) in [6.45, 7) is 2.05. The van der Waals surface area contributed by atoms with E-state index in [9.17, 15) is 9.59 Å². The van der Waals surface area contributed by atoms with Crippen LogP contribution in [0.5, 0.6) is 0 Å². The minimum absolute atomic E-state index is 0.0872. The smallest absolute Gasteiger partial charge is 0.229 e. The summed E-state index contributed by atoms with van der Waals surface area (Å²) >= 11 is 3.38. The highest BCUT2D eigenvalue weighted by Crippen LogP contribution is 2.29. The standard InChI is InChI=1S/C20H17BrN4O3/c1-12-22-19(24-28-12)13-4-2-7-17(8-13)25-11-14(9-18(25)26)20(27)23-16-6-3-5-15(21)10-16/h2-8,10,14H,9,11H2,1H3,(H,23,27)/t14-/m0/s1. The third kappa shape index (κ3) is 3.82. The first-order valence-corrected chi connectivity index (χ1v) is 9.56. The number of carbonyl (C=O) groups is 2. The second-order valence-corrected chi connectivity index (χ2v) is 7.51. The SMILES string of the molecule is Cc1nc(-c2cccc(N3C[C@@H](C(=O)Nc4cccc(Br)c4)CC3=O)c2)no1. The van der Waals surface area contributed by atoms with Gasteiger partial charge in [-0.25, -0.2) is 0 Å². The Balaban J connectivity index is 1.50. The molecule has 0 unspecified atom stereocenters. The van der Waals surface area contributed by atoms with E-state index in [1.54, 1.807) is 11.8 Å². The molecule has 0 spiro atoms. The molecule has 1 saturated heterocycles. The highest BCUT2D eigenvalue weighted by Gasteiger charge is 2.35. The number of halogens is 1. The Labute approximate surface area is 169 Å². The maximum absolute atomic E-state index is 12.6. The van der Waals surface area contributed by atoms with Gasteiger partial charge < -0.3 is 14.7 Å². The number of aryl methyl sites for hydroxylation is 1. The van der Waals surface area contributed by atoms with Crippen molar-refractivity contribution in [3.63, 3.8) is 0 Å². The molecule has 3 aromatic rings. The van der Waals surface area contributed by atoms with Crippen LogP contribution in [0.3, 0.4) is 0 Å². The van der Waals surface area contributed by atoms with E-state index in [4.69, 9.17) is 4.52 Å². The normalized spacial score (nSPS) is 16.4. The van der Waals surface area contributed by atoms with Gasteiger partial charge in [-0.3, -0.25) is 9.59 Å². The average molecular weight is 441 g/mol. The largest absolute Gasteiger partial charge is 0.339 e. The molecule has 1 aliphatic rings. The van der Waals surface area contributed by atoms with E-state index in [1.807, 2.05) is 48.5 Å². The number of benzene rings is 2. The van der Waals surface area contributed by atoms with Crippen molar-refractivity contribution in [2.24, 2.45) is 5.92 Å². The third-order valence-electron chi connectivity index (χ3n) is 4.53. The van der Waals surface area contributed by atoms with Gasteiger partial charge in [0.25, 0.3) is 0 Å². The number of amides is 2. The molecule has 28 heavy (non-hydrogen) atoms. The topological polar surface area (TPSA) is 88.3 Å². The van der Waals surface area contributed by atoms with Crippen molar-refractivity contribution in [3.8, 4) is 11.4 Å². The highest BCUT2D eigenvalue weighted by atomic mass is 79.9. The van der Waals surface area contributed by atoms with Crippen molar-refractivity contribution in [1.29, 1.82) is 0 Å². The number of aromatic nitrogens is 2. The zero-order valence-electron chi connectivity index (χ0n) is 15.1. The number of nitrogens with one attached hydrogen (secondary N) is 1. The number of nitrogens with zero attached hydrogens (tertiary/aromatic N) is 3. The number of carbonyl (C=O) groups excluding carboxylic acids is 2. The Bertz CT molecular complexity index is 1050. The minimum atomic E-state index is -0.414. The zero-order valence-corrected chi connectivity index (χ0v) is 16.6. The molecule has 7 nitrogen and oxygen atoms in total. The second kappa shape index (κ2) is 7.55. The van der Waals surface area contributed by atoms with E-state index in [0.29, 0.717) is 29.6 Å². The molecule has 8 heteroatoms. The van der Waals surface area contributed by atoms with Crippen LogP contribution in [0.2, 0.25) is 0 Å². The van der Waals surface area contributed by atoms with Gasteiger partial charge in [0.15, 0.2) is 0 Å². The van der Waals surface area contributed by atoms with Crippen LogP contribution in [0, 0.1) is 12.8 Å². The zero-order chi connectivity index (χ0) is 19.7. The fourth-order valence-electron chi connectivity index (χ4n) is 3.17. The summed E-state index contributed by atoms with van der Waals surface area (Å²) in [5.74, 6) is 0.272. The lowest BCUT2D eigenvalue weighted by Gasteiger charge is -2.17. The van der Waals surface area contributed by atoms with E-state index in [0.717, 1.165) is 10.0 Å². The minimum Gasteiger partial charge on any atom is -0.339 e. The fraction of sp³-hybridized carbons (Fsp3) is 0.200. The van der Waals surface area contributed by atoms with Crippen molar-refractivity contribution in [1.82, 2.24) is 10.1 Å². The highest BCUT2D eigenvalue weighted by molar-refractivity contribution is 9.10. The maximum Gasteiger partial charge on any atom is 0.229 e. The van der Waals surface area contributed by atoms with Crippen molar-refractivity contribution < 1.29 is 14.1 Å². The monoisotopic (exact) mass is 440 g/mol. The van der Waals surface area contributed by atoms with Gasteiger partial charge in [0.1, 0.15) is 0 Å². The van der Waals surface area contributed by atoms with E-state index in [-0.39, 0.29) is 18.2 Å². The van der Waals surface area contributed by atoms with Gasteiger partial charge in [0.2, 0.25) is 23.5 Å². The summed E-state index contributed by atoms with van der Waals surface area (Å²) in [6.07, 6.45) is 0.172. The molecule has 1 atom stereocenters. The van der Waals surface area contributed by atoms with E-state index >= 15 is 0 Å². The first-order chi connectivity index (χ1) is 13.5. The quantitative estimate of drug-likeness (QED) is 0.666. The summed E-state index contributed by atoms with van der Waals surface area (Å²) in [6, 6.07) is 14.7. The second-order valence-electron chi connectivity index (χ2n) is 6.59. The van der Waals surface area contributed by atoms with Gasteiger partial charge in [0.05, 0.1) is 5.92 Å². The van der Waals surface area contributed by atoms with Crippen LogP contribution in [0.15, 0.2) is 57.5 Å². The van der Waals surface area contributed by atoms with Gasteiger partial charge in [-0.2, -0.15) is 4.98 Å². The third-order valence-corrected chi connectivity index (χ3v) is 5.02. The van der Waals surface area contributed by atoms with Crippen molar-refractivity contribution >= 4 is 39.1 Å². The Morgan fingerprint density at radius 2 is 2.07 bits per heavy atom. The summed E-state index contributed by atoms with van der Waals surface area (Å²) in [4.78, 5) is 31.0. The lowest BCUT2D eigenvalue weighted by Crippen LogP contribution is -2.28. The average Bonchev–Trinajstić information content (AvgIpc) is 3.28. The van der Waals surface area contributed by atoms with E-state index in [2.05, 4.69) is 31.4 Å². The lowest BCUT2D eigenvalue weighted by molar-refractivity contribution is -0.122. The molecule has 1 fully saturated rings. The lowest BCUT2D eigenvalue weighted by atomic mass is 10.1. The predicted octanol–water partition coefficient (Wildman–Crippen LogP) is 3.80. The van der Waals surface area contributed by atoms with E-state index in [1.165, 1.54) is 0 Å². The molecule has 0 aliphatic carbocycles. The molecular weight excluding hydrogens is 424 g/mol. The first-order valence-electron chi connectivity index (χ1n) is 8.77. The van der Waals surface area contributed by atoms with Crippen LogP contribution in [0.1, 0.15) is 12.3 Å². The van der Waals surface area contributed by atoms with Gasteiger partial charge in [-0.05, 0) is 30.3 Å². The van der Waals surface area contributed by atoms with Crippen LogP contribution >= 0.6 is 15.9 Å². The summed E-state index contributed by atoms with van der Waals surface area (Å²) in [5.41, 5.74) is 2.16. The van der Waals surface area contributed by atoms with Crippen LogP contribution in [0.4, 0.5) is 11.4 Å². The molecular formula is C20H17BrN4O3. The van der Waals surface area contributed by atoms with Gasteiger partial charge >= 0.3 is 0 Å². The number of anilines is 2. The Kier molecular flexibility index (Phi) is 4.95. The van der Waals surface area contributed by atoms with Crippen molar-refractivity contribution in [2.75, 3.05) is 16.8 Å². The summed E-state index contributed by atoms with van der Waals surface area (Å²) in [7, 11) is 0. The van der Waals surface area contributed by atoms with E-state index < -0.39 is 5.92 Å². The molecule has 1 aliphatic heterocycles. The molecule has 1 N–H and O–H groups in total. The van der Waals surface area contributed by atoms with Crippen molar-refractivity contribution in [2.45, 2.75) is 13.3 Å². The molecule has 4 rings (SSSR count). The van der Waals surface area contributed by atoms with Crippen LogP contribution in [-0.4, -0.2) is 28.5 Å². The van der Waals surface area contributed by atoms with Crippen LogP contribution < -0.4 is 10.2 Å². The predicted molar refractivity (Wildman–Crippen MR) is 108 cm³/mol. The number of hydrogen-bond acceptors (Lipinski definition) is 5. The van der Waals surface area contributed by atoms with Gasteiger partial charge in [0, 0.05) is 41.3 Å². The molecule has 2 aromatic carbocycles. The van der Waals surface area contributed by atoms with Crippen LogP contribution in [-0.2, 0) is 9.59 Å². The molecule has 0 bridgehead atoms. The number of rotatable bonds is 4. The molecule has 142 valence electrons.